The maximum Gasteiger partial charge on any atom is 0.329 e. The van der Waals surface area contributed by atoms with Gasteiger partial charge in [0, 0.05) is 5.56 Å². The van der Waals surface area contributed by atoms with Crippen molar-refractivity contribution in [3.63, 3.8) is 0 Å². The van der Waals surface area contributed by atoms with Crippen molar-refractivity contribution in [1.29, 1.82) is 0 Å². The molecule has 2 amide bonds. The molecule has 0 aliphatic carbocycles. The predicted molar refractivity (Wildman–Crippen MR) is 110 cm³/mol. The van der Waals surface area contributed by atoms with Gasteiger partial charge in [-0.05, 0) is 54.8 Å². The van der Waals surface area contributed by atoms with Crippen LogP contribution in [-0.2, 0) is 14.3 Å². The summed E-state index contributed by atoms with van der Waals surface area (Å²) < 4.78 is 23.3. The highest BCUT2D eigenvalue weighted by Gasteiger charge is 2.27. The van der Waals surface area contributed by atoms with E-state index in [-0.39, 0.29) is 11.5 Å². The van der Waals surface area contributed by atoms with Crippen molar-refractivity contribution in [3.8, 4) is 5.75 Å². The number of rotatable bonds is 8. The zero-order chi connectivity index (χ0) is 22.3. The van der Waals surface area contributed by atoms with Gasteiger partial charge in [0.05, 0.1) is 12.8 Å². The second kappa shape index (κ2) is 10.4. The molecule has 0 unspecified atom stereocenters. The van der Waals surface area contributed by atoms with Gasteiger partial charge >= 0.3 is 5.97 Å². The minimum atomic E-state index is -0.969. The van der Waals surface area contributed by atoms with Crippen LogP contribution in [0.3, 0.4) is 0 Å². The Balaban J connectivity index is 1.96. The first kappa shape index (κ1) is 22.9. The molecule has 0 radical (unpaired) electrons. The molecule has 0 bridgehead atoms. The van der Waals surface area contributed by atoms with Gasteiger partial charge in [0.15, 0.2) is 6.61 Å². The summed E-state index contributed by atoms with van der Waals surface area (Å²) in [5.41, 5.74) is 1.59. The fourth-order valence-electron chi connectivity index (χ4n) is 2.66. The molecule has 0 aromatic heterocycles. The molecule has 1 atom stereocenters. The zero-order valence-corrected chi connectivity index (χ0v) is 17.3. The molecule has 2 rings (SSSR count). The molecule has 2 N–H and O–H groups in total. The standard InChI is InChI=1S/C22H25FN2O5/c1-13(2)20(25-21(27)15-6-8-16(23)9-7-15)22(28)30-12-19(26)24-17-11-14(3)5-10-18(17)29-4/h5-11,13,20H,12H2,1-4H3,(H,24,26)(H,25,27)/t20-/m0/s1. The maximum atomic E-state index is 13.0. The van der Waals surface area contributed by atoms with Crippen LogP contribution in [0.2, 0.25) is 0 Å². The van der Waals surface area contributed by atoms with Crippen LogP contribution in [-0.4, -0.2) is 37.5 Å². The third kappa shape index (κ3) is 6.30. The van der Waals surface area contributed by atoms with Crippen molar-refractivity contribution in [2.45, 2.75) is 26.8 Å². The number of nitrogens with one attached hydrogen (secondary N) is 2. The summed E-state index contributed by atoms with van der Waals surface area (Å²) in [6.45, 7) is 4.81. The van der Waals surface area contributed by atoms with Crippen LogP contribution >= 0.6 is 0 Å². The Hall–Kier alpha value is -3.42. The van der Waals surface area contributed by atoms with Crippen LogP contribution in [0.1, 0.15) is 29.8 Å². The van der Waals surface area contributed by atoms with Gasteiger partial charge in [0.1, 0.15) is 17.6 Å². The molecule has 0 spiro atoms. The van der Waals surface area contributed by atoms with Gasteiger partial charge in [-0.15, -0.1) is 0 Å². The molecule has 8 heteroatoms. The van der Waals surface area contributed by atoms with Crippen molar-refractivity contribution < 1.29 is 28.2 Å². The number of amides is 2. The molecule has 0 saturated carbocycles. The average molecular weight is 416 g/mol. The number of carbonyl (C=O) groups excluding carboxylic acids is 3. The lowest BCUT2D eigenvalue weighted by Gasteiger charge is -2.21. The molecule has 160 valence electrons. The van der Waals surface area contributed by atoms with Crippen LogP contribution < -0.4 is 15.4 Å². The van der Waals surface area contributed by atoms with E-state index in [1.165, 1.54) is 19.2 Å². The summed E-state index contributed by atoms with van der Waals surface area (Å²) in [6, 6.07) is 9.26. The van der Waals surface area contributed by atoms with E-state index in [1.807, 2.05) is 13.0 Å². The second-order valence-corrected chi connectivity index (χ2v) is 7.06. The first-order valence-corrected chi connectivity index (χ1v) is 9.38. The highest BCUT2D eigenvalue weighted by molar-refractivity contribution is 5.98. The maximum absolute atomic E-state index is 13.0. The lowest BCUT2D eigenvalue weighted by atomic mass is 10.0. The van der Waals surface area contributed by atoms with Crippen LogP contribution in [0.15, 0.2) is 42.5 Å². The number of benzene rings is 2. The van der Waals surface area contributed by atoms with E-state index in [9.17, 15) is 18.8 Å². The van der Waals surface area contributed by atoms with E-state index in [0.717, 1.165) is 17.7 Å². The summed E-state index contributed by atoms with van der Waals surface area (Å²) in [6.07, 6.45) is 0. The Labute approximate surface area is 174 Å². The van der Waals surface area contributed by atoms with E-state index in [2.05, 4.69) is 10.6 Å². The third-order valence-electron chi connectivity index (χ3n) is 4.29. The average Bonchev–Trinajstić information content (AvgIpc) is 2.70. The Kier molecular flexibility index (Phi) is 7.91. The molecular formula is C22H25FN2O5. The zero-order valence-electron chi connectivity index (χ0n) is 17.3. The highest BCUT2D eigenvalue weighted by Crippen LogP contribution is 2.25. The fraction of sp³-hybridized carbons (Fsp3) is 0.318. The highest BCUT2D eigenvalue weighted by atomic mass is 19.1. The summed E-state index contributed by atoms with van der Waals surface area (Å²) in [4.78, 5) is 37.0. The van der Waals surface area contributed by atoms with Gasteiger partial charge in [0.2, 0.25) is 0 Å². The number of anilines is 1. The first-order valence-electron chi connectivity index (χ1n) is 9.38. The quantitative estimate of drug-likeness (QED) is 0.645. The third-order valence-corrected chi connectivity index (χ3v) is 4.29. The van der Waals surface area contributed by atoms with Crippen molar-refractivity contribution in [3.05, 3.63) is 59.4 Å². The van der Waals surface area contributed by atoms with Crippen molar-refractivity contribution >= 4 is 23.5 Å². The second-order valence-electron chi connectivity index (χ2n) is 7.06. The molecule has 2 aromatic rings. The Bertz CT molecular complexity index is 912. The predicted octanol–water partition coefficient (Wildman–Crippen LogP) is 3.08. The van der Waals surface area contributed by atoms with Gasteiger partial charge < -0.3 is 20.1 Å². The molecule has 0 aliphatic rings. The van der Waals surface area contributed by atoms with Crippen molar-refractivity contribution in [2.24, 2.45) is 5.92 Å². The molecule has 2 aromatic carbocycles. The normalized spacial score (nSPS) is 11.5. The number of esters is 1. The molecule has 30 heavy (non-hydrogen) atoms. The number of carbonyl (C=O) groups is 3. The molecule has 0 heterocycles. The van der Waals surface area contributed by atoms with Crippen LogP contribution in [0.4, 0.5) is 10.1 Å². The van der Waals surface area contributed by atoms with Gasteiger partial charge in [-0.1, -0.05) is 19.9 Å². The summed E-state index contributed by atoms with van der Waals surface area (Å²) in [5.74, 6) is -2.11. The van der Waals surface area contributed by atoms with Gasteiger partial charge in [-0.25, -0.2) is 9.18 Å². The monoisotopic (exact) mass is 416 g/mol. The number of hydrogen-bond acceptors (Lipinski definition) is 5. The lowest BCUT2D eigenvalue weighted by Crippen LogP contribution is -2.45. The first-order chi connectivity index (χ1) is 14.2. The van der Waals surface area contributed by atoms with E-state index >= 15 is 0 Å². The van der Waals surface area contributed by atoms with E-state index in [4.69, 9.17) is 9.47 Å². The molecule has 0 aliphatic heterocycles. The molecular weight excluding hydrogens is 391 g/mol. The van der Waals surface area contributed by atoms with E-state index < -0.39 is 36.2 Å². The van der Waals surface area contributed by atoms with Crippen LogP contribution in [0.25, 0.3) is 0 Å². The molecule has 0 fully saturated rings. The van der Waals surface area contributed by atoms with Crippen LogP contribution in [0, 0.1) is 18.7 Å². The van der Waals surface area contributed by atoms with Crippen molar-refractivity contribution in [1.82, 2.24) is 5.32 Å². The Morgan fingerprint density at radius 2 is 1.73 bits per heavy atom. The fourth-order valence-corrected chi connectivity index (χ4v) is 2.66. The molecule has 0 saturated heterocycles. The number of ether oxygens (including phenoxy) is 2. The smallest absolute Gasteiger partial charge is 0.329 e. The number of halogens is 1. The number of hydrogen-bond donors (Lipinski definition) is 2. The van der Waals surface area contributed by atoms with Crippen molar-refractivity contribution in [2.75, 3.05) is 19.0 Å². The number of aryl methyl sites for hydroxylation is 1. The summed E-state index contributed by atoms with van der Waals surface area (Å²) in [5, 5.41) is 5.20. The minimum absolute atomic E-state index is 0.208. The van der Waals surface area contributed by atoms with Gasteiger partial charge in [-0.2, -0.15) is 0 Å². The van der Waals surface area contributed by atoms with Gasteiger partial charge in [-0.3, -0.25) is 9.59 Å². The van der Waals surface area contributed by atoms with E-state index in [1.54, 1.807) is 26.0 Å². The Morgan fingerprint density at radius 3 is 2.33 bits per heavy atom. The summed E-state index contributed by atoms with van der Waals surface area (Å²) >= 11 is 0. The van der Waals surface area contributed by atoms with E-state index in [0.29, 0.717) is 11.4 Å². The molecule has 7 nitrogen and oxygen atoms in total. The van der Waals surface area contributed by atoms with Crippen LogP contribution in [0.5, 0.6) is 5.75 Å². The number of methoxy groups -OCH3 is 1. The Morgan fingerprint density at radius 1 is 1.07 bits per heavy atom. The minimum Gasteiger partial charge on any atom is -0.495 e. The van der Waals surface area contributed by atoms with Gasteiger partial charge in [0.25, 0.3) is 11.8 Å². The largest absolute Gasteiger partial charge is 0.495 e. The SMILES string of the molecule is COc1ccc(C)cc1NC(=O)COC(=O)[C@@H](NC(=O)c1ccc(F)cc1)C(C)C. The summed E-state index contributed by atoms with van der Waals surface area (Å²) in [7, 11) is 1.48. The lowest BCUT2D eigenvalue weighted by molar-refractivity contribution is -0.150. The topological polar surface area (TPSA) is 93.7 Å².